The van der Waals surface area contributed by atoms with Crippen molar-refractivity contribution in [3.05, 3.63) is 75.8 Å². The minimum absolute atomic E-state index is 0.287. The zero-order chi connectivity index (χ0) is 19.9. The molecule has 2 atom stereocenters. The molecule has 0 saturated carbocycles. The van der Waals surface area contributed by atoms with Gasteiger partial charge in [0.15, 0.2) is 11.6 Å². The zero-order valence-corrected chi connectivity index (χ0v) is 16.1. The monoisotopic (exact) mass is 452 g/mol. The lowest BCUT2D eigenvalue weighted by molar-refractivity contribution is -0.0169. The molecule has 1 aliphatic heterocycles. The lowest BCUT2D eigenvalue weighted by Crippen LogP contribution is -2.46. The summed E-state index contributed by atoms with van der Waals surface area (Å²) in [5, 5.41) is 22.8. The molecule has 2 N–H and O–H groups in total. The van der Waals surface area contributed by atoms with Gasteiger partial charge in [-0.15, -0.1) is 5.10 Å². The predicted molar refractivity (Wildman–Crippen MR) is 99.5 cm³/mol. The number of aliphatic hydroxyl groups is 1. The minimum Gasteiger partial charge on any atom is -0.384 e. The molecule has 0 aliphatic carbocycles. The molecule has 1 aromatic heterocycles. The number of nitrogens with one attached hydrogen (secondary N) is 1. The Bertz CT molecular complexity index is 1030. The first kappa shape index (κ1) is 19.1. The fourth-order valence-corrected chi connectivity index (χ4v) is 4.08. The van der Waals surface area contributed by atoms with E-state index in [1.165, 1.54) is 22.9 Å². The molecule has 4 rings (SSSR count). The van der Waals surface area contributed by atoms with Crippen LogP contribution in [0, 0.1) is 17.5 Å². The molecular weight excluding hydrogens is 437 g/mol. The summed E-state index contributed by atoms with van der Waals surface area (Å²) in [5.41, 5.74) is -0.0768. The molecule has 1 fully saturated rings. The first-order chi connectivity index (χ1) is 13.4. The van der Waals surface area contributed by atoms with Crippen LogP contribution in [-0.4, -0.2) is 33.2 Å². The Morgan fingerprint density at radius 1 is 1.14 bits per heavy atom. The number of aromatic nitrogens is 3. The van der Waals surface area contributed by atoms with Crippen LogP contribution in [0.4, 0.5) is 13.2 Å². The van der Waals surface area contributed by atoms with Gasteiger partial charge in [-0.2, -0.15) is 0 Å². The summed E-state index contributed by atoms with van der Waals surface area (Å²) < 4.78 is 42.4. The molecule has 9 heteroatoms. The van der Waals surface area contributed by atoms with Crippen molar-refractivity contribution in [2.45, 2.75) is 17.9 Å². The van der Waals surface area contributed by atoms with Crippen molar-refractivity contribution < 1.29 is 18.3 Å². The van der Waals surface area contributed by atoms with Crippen molar-refractivity contribution in [2.24, 2.45) is 0 Å². The number of halogens is 4. The lowest BCUT2D eigenvalue weighted by atomic mass is 9.75. The van der Waals surface area contributed by atoms with Crippen LogP contribution in [0.25, 0.3) is 5.69 Å². The van der Waals surface area contributed by atoms with Crippen LogP contribution in [0.1, 0.15) is 23.6 Å². The first-order valence-electron chi connectivity index (χ1n) is 8.65. The highest BCUT2D eigenvalue weighted by atomic mass is 79.9. The fraction of sp³-hybridized carbons (Fsp3) is 0.263. The van der Waals surface area contributed by atoms with Crippen molar-refractivity contribution in [1.29, 1.82) is 0 Å². The molecular formula is C19H16BrF3N4O. The topological polar surface area (TPSA) is 63.0 Å². The minimum atomic E-state index is -1.43. The van der Waals surface area contributed by atoms with Gasteiger partial charge in [0.2, 0.25) is 0 Å². The van der Waals surface area contributed by atoms with Gasteiger partial charge in [-0.05, 0) is 64.8 Å². The van der Waals surface area contributed by atoms with Crippen molar-refractivity contribution in [2.75, 3.05) is 13.1 Å². The van der Waals surface area contributed by atoms with E-state index in [-0.39, 0.29) is 11.4 Å². The Morgan fingerprint density at radius 2 is 1.96 bits per heavy atom. The van der Waals surface area contributed by atoms with Crippen LogP contribution >= 0.6 is 15.9 Å². The van der Waals surface area contributed by atoms with Crippen LogP contribution in [0.5, 0.6) is 0 Å². The van der Waals surface area contributed by atoms with Gasteiger partial charge in [-0.3, -0.25) is 0 Å². The molecule has 0 radical (unpaired) electrons. The van der Waals surface area contributed by atoms with Gasteiger partial charge in [-0.1, -0.05) is 11.3 Å². The highest BCUT2D eigenvalue weighted by Gasteiger charge is 2.43. The van der Waals surface area contributed by atoms with Gasteiger partial charge in [0.05, 0.1) is 23.5 Å². The Kier molecular flexibility index (Phi) is 4.98. The molecule has 1 saturated heterocycles. The van der Waals surface area contributed by atoms with E-state index < -0.39 is 23.2 Å². The third-order valence-electron chi connectivity index (χ3n) is 5.05. The van der Waals surface area contributed by atoms with E-state index in [0.717, 1.165) is 12.1 Å². The SMILES string of the molecule is O[C@]1(c2ccc(F)c(F)c2)CCNC[C@@H]1c1cn(-c2ccc(F)cc2Br)nn1. The number of nitrogens with zero attached hydrogens (tertiary/aromatic N) is 3. The van der Waals surface area contributed by atoms with Gasteiger partial charge in [0.1, 0.15) is 11.4 Å². The number of hydrogen-bond donors (Lipinski definition) is 2. The molecule has 5 nitrogen and oxygen atoms in total. The lowest BCUT2D eigenvalue weighted by Gasteiger charge is -2.39. The summed E-state index contributed by atoms with van der Waals surface area (Å²) in [6, 6.07) is 7.59. The van der Waals surface area contributed by atoms with Gasteiger partial charge in [0.25, 0.3) is 0 Å². The molecule has 3 aromatic rings. The average molecular weight is 453 g/mol. The smallest absolute Gasteiger partial charge is 0.159 e. The number of rotatable bonds is 3. The predicted octanol–water partition coefficient (Wildman–Crippen LogP) is 3.41. The Morgan fingerprint density at radius 3 is 2.71 bits per heavy atom. The van der Waals surface area contributed by atoms with Gasteiger partial charge < -0.3 is 10.4 Å². The highest BCUT2D eigenvalue weighted by Crippen LogP contribution is 2.41. The summed E-state index contributed by atoms with van der Waals surface area (Å²) in [7, 11) is 0. The third-order valence-corrected chi connectivity index (χ3v) is 5.69. The summed E-state index contributed by atoms with van der Waals surface area (Å²) in [6.07, 6.45) is 1.94. The zero-order valence-electron chi connectivity index (χ0n) is 14.5. The van der Waals surface area contributed by atoms with Gasteiger partial charge >= 0.3 is 0 Å². The molecule has 2 heterocycles. The molecule has 0 amide bonds. The van der Waals surface area contributed by atoms with Crippen LogP contribution in [0.2, 0.25) is 0 Å². The summed E-state index contributed by atoms with van der Waals surface area (Å²) in [6.45, 7) is 0.905. The van der Waals surface area contributed by atoms with Crippen LogP contribution in [0.3, 0.4) is 0 Å². The number of benzene rings is 2. The van der Waals surface area contributed by atoms with E-state index >= 15 is 0 Å². The average Bonchev–Trinajstić information content (AvgIpc) is 3.13. The first-order valence-corrected chi connectivity index (χ1v) is 9.44. The maximum Gasteiger partial charge on any atom is 0.159 e. The van der Waals surface area contributed by atoms with Crippen molar-refractivity contribution >= 4 is 15.9 Å². The second-order valence-corrected chi connectivity index (χ2v) is 7.60. The van der Waals surface area contributed by atoms with Crippen molar-refractivity contribution in [3.8, 4) is 5.69 Å². The molecule has 0 unspecified atom stereocenters. The van der Waals surface area contributed by atoms with Gasteiger partial charge in [-0.25, -0.2) is 17.9 Å². The van der Waals surface area contributed by atoms with Crippen LogP contribution in [-0.2, 0) is 5.60 Å². The van der Waals surface area contributed by atoms with E-state index in [9.17, 15) is 18.3 Å². The Balaban J connectivity index is 1.72. The van der Waals surface area contributed by atoms with E-state index in [4.69, 9.17) is 0 Å². The van der Waals surface area contributed by atoms with E-state index in [1.54, 1.807) is 12.3 Å². The summed E-state index contributed by atoms with van der Waals surface area (Å²) in [4.78, 5) is 0. The van der Waals surface area contributed by atoms with E-state index in [2.05, 4.69) is 31.6 Å². The second kappa shape index (κ2) is 7.31. The fourth-order valence-electron chi connectivity index (χ4n) is 3.55. The van der Waals surface area contributed by atoms with Crippen LogP contribution in [0.15, 0.2) is 47.1 Å². The largest absolute Gasteiger partial charge is 0.384 e. The summed E-state index contributed by atoms with van der Waals surface area (Å²) >= 11 is 3.30. The van der Waals surface area contributed by atoms with Gasteiger partial charge in [0, 0.05) is 11.0 Å². The van der Waals surface area contributed by atoms with E-state index in [0.29, 0.717) is 35.4 Å². The molecule has 0 bridgehead atoms. The molecule has 28 heavy (non-hydrogen) atoms. The third kappa shape index (κ3) is 3.34. The van der Waals surface area contributed by atoms with E-state index in [1.807, 2.05) is 0 Å². The second-order valence-electron chi connectivity index (χ2n) is 6.74. The van der Waals surface area contributed by atoms with Crippen LogP contribution < -0.4 is 5.32 Å². The normalized spacial score (nSPS) is 22.4. The van der Waals surface area contributed by atoms with Crippen molar-refractivity contribution in [3.63, 3.8) is 0 Å². The number of piperidine rings is 1. The molecule has 0 spiro atoms. The Hall–Kier alpha value is -2.23. The molecule has 2 aromatic carbocycles. The summed E-state index contributed by atoms with van der Waals surface area (Å²) in [5.74, 6) is -2.90. The highest BCUT2D eigenvalue weighted by molar-refractivity contribution is 9.10. The number of hydrogen-bond acceptors (Lipinski definition) is 4. The maximum absolute atomic E-state index is 13.8. The molecule has 1 aliphatic rings. The van der Waals surface area contributed by atoms with Crippen molar-refractivity contribution in [1.82, 2.24) is 20.3 Å². The maximum atomic E-state index is 13.8. The quantitative estimate of drug-likeness (QED) is 0.639. The Labute approximate surface area is 167 Å². The standard InChI is InChI=1S/C19H16BrF3N4O/c20-14-8-12(21)2-4-18(14)27-10-17(25-26-27)13-9-24-6-5-19(13,28)11-1-3-15(22)16(23)7-11/h1-4,7-8,10,13,24,28H,5-6,9H2/t13-,19+/m1/s1. The molecule has 146 valence electrons.